The Balaban J connectivity index is 1.34. The van der Waals surface area contributed by atoms with Gasteiger partial charge in [-0.15, -0.1) is 0 Å². The second-order valence-corrected chi connectivity index (χ2v) is 11.2. The van der Waals surface area contributed by atoms with Gasteiger partial charge in [0.25, 0.3) is 0 Å². The quantitative estimate of drug-likeness (QED) is 0.185. The molecular formula is C44H28N6. The monoisotopic (exact) mass is 655 g/mol. The van der Waals surface area contributed by atoms with Gasteiger partial charge >= 0.3 is 0 Å². The summed E-state index contributed by atoms with van der Waals surface area (Å²) in [6.07, 6.45) is 1.44. The molecule has 0 atom stereocenters. The summed E-state index contributed by atoms with van der Waals surface area (Å²) >= 11 is 0. The van der Waals surface area contributed by atoms with Crippen molar-refractivity contribution in [3.63, 3.8) is 0 Å². The van der Waals surface area contributed by atoms with Crippen molar-refractivity contribution in [3.05, 3.63) is 170 Å². The number of rotatable bonds is 5. The first-order valence-corrected chi connectivity index (χ1v) is 15.4. The number of nitrogens with zero attached hydrogens (tertiary/aromatic N) is 6. The van der Waals surface area contributed by atoms with Crippen molar-refractivity contribution in [1.29, 1.82) is 0 Å². The van der Waals surface area contributed by atoms with Crippen molar-refractivity contribution in [2.24, 2.45) is 0 Å². The smallest absolute Gasteiger partial charge is 0.165 e. The molecule has 0 saturated carbocycles. The van der Waals surface area contributed by atoms with Gasteiger partial charge < -0.3 is 4.57 Å². The van der Waals surface area contributed by atoms with E-state index in [4.69, 9.17) is 37.8 Å². The Kier molecular flexibility index (Phi) is 3.85. The summed E-state index contributed by atoms with van der Waals surface area (Å²) < 4.78 is 136. The normalized spacial score (nSPS) is 15.8. The highest BCUT2D eigenvalue weighted by Crippen LogP contribution is 2.39. The van der Waals surface area contributed by atoms with Gasteiger partial charge in [0.2, 0.25) is 0 Å². The molecule has 6 nitrogen and oxygen atoms in total. The van der Waals surface area contributed by atoms with Crippen molar-refractivity contribution in [2.45, 2.75) is 0 Å². The van der Waals surface area contributed by atoms with Crippen LogP contribution in [0.25, 0.3) is 89.3 Å². The van der Waals surface area contributed by atoms with Crippen LogP contribution in [0.4, 0.5) is 0 Å². The predicted octanol–water partition coefficient (Wildman–Crippen LogP) is 10.5. The highest BCUT2D eigenvalue weighted by molar-refractivity contribution is 6.19. The van der Waals surface area contributed by atoms with Crippen molar-refractivity contribution in [1.82, 2.24) is 29.1 Å². The zero-order chi connectivity index (χ0) is 46.1. The zero-order valence-corrected chi connectivity index (χ0v) is 25.7. The van der Waals surface area contributed by atoms with Crippen LogP contribution in [-0.2, 0) is 0 Å². The van der Waals surface area contributed by atoms with Gasteiger partial charge in [-0.3, -0.25) is 4.57 Å². The summed E-state index contributed by atoms with van der Waals surface area (Å²) in [5, 5.41) is -0.937. The van der Waals surface area contributed by atoms with Crippen LogP contribution in [0.5, 0.6) is 0 Å². The molecule has 0 bridgehead atoms. The summed E-state index contributed by atoms with van der Waals surface area (Å²) in [6.45, 7) is 0. The molecule has 4 aromatic heterocycles. The van der Waals surface area contributed by atoms with Crippen molar-refractivity contribution < 1.29 is 20.6 Å². The lowest BCUT2D eigenvalue weighted by Gasteiger charge is -2.11. The van der Waals surface area contributed by atoms with Gasteiger partial charge in [0.15, 0.2) is 17.5 Å². The molecular weight excluding hydrogens is 613 g/mol. The second kappa shape index (κ2) is 11.4. The number of hydrogen-bond donors (Lipinski definition) is 0. The van der Waals surface area contributed by atoms with E-state index in [2.05, 4.69) is 0 Å². The molecule has 0 N–H and O–H groups in total. The first-order chi connectivity index (χ1) is 31.0. The summed E-state index contributed by atoms with van der Waals surface area (Å²) in [5.74, 6) is 1.04. The van der Waals surface area contributed by atoms with Crippen LogP contribution < -0.4 is 0 Å². The maximum Gasteiger partial charge on any atom is 0.165 e. The molecule has 0 fully saturated rings. The molecule has 0 aliphatic carbocycles. The summed E-state index contributed by atoms with van der Waals surface area (Å²) in [7, 11) is 0. The van der Waals surface area contributed by atoms with Gasteiger partial charge in [0.1, 0.15) is 5.82 Å². The molecule has 10 rings (SSSR count). The lowest BCUT2D eigenvalue weighted by Crippen LogP contribution is -2.01. The molecule has 6 heteroatoms. The number of benzene rings is 6. The van der Waals surface area contributed by atoms with Gasteiger partial charge in [-0.25, -0.2) is 19.9 Å². The molecule has 50 heavy (non-hydrogen) atoms. The fourth-order valence-electron chi connectivity index (χ4n) is 6.11. The van der Waals surface area contributed by atoms with E-state index in [-0.39, 0.29) is 55.3 Å². The maximum absolute atomic E-state index is 9.98. The van der Waals surface area contributed by atoms with E-state index in [0.29, 0.717) is 17.2 Å². The Labute approximate surface area is 308 Å². The van der Waals surface area contributed by atoms with Gasteiger partial charge in [-0.05, 0) is 48.4 Å². The fraction of sp³-hybridized carbons (Fsp3) is 0. The predicted molar refractivity (Wildman–Crippen MR) is 203 cm³/mol. The molecule has 0 saturated heterocycles. The van der Waals surface area contributed by atoms with Crippen LogP contribution in [0.2, 0.25) is 0 Å². The molecule has 4 heterocycles. The number of aromatic nitrogens is 6. The minimum atomic E-state index is -0.762. The third kappa shape index (κ3) is 4.50. The van der Waals surface area contributed by atoms with Gasteiger partial charge in [-0.2, -0.15) is 0 Å². The van der Waals surface area contributed by atoms with E-state index in [0.717, 1.165) is 15.7 Å². The van der Waals surface area contributed by atoms with Crippen LogP contribution in [-0.4, -0.2) is 29.1 Å². The number of para-hydroxylation sites is 3. The summed E-state index contributed by atoms with van der Waals surface area (Å²) in [4.78, 5) is 19.0. The average Bonchev–Trinajstić information content (AvgIpc) is 3.88. The second-order valence-electron chi connectivity index (χ2n) is 11.2. The van der Waals surface area contributed by atoms with Gasteiger partial charge in [0, 0.05) is 50.1 Å². The Morgan fingerprint density at radius 2 is 0.940 bits per heavy atom. The highest BCUT2D eigenvalue weighted by Gasteiger charge is 2.19. The van der Waals surface area contributed by atoms with E-state index in [1.165, 1.54) is 16.8 Å². The molecule has 10 aromatic rings. The van der Waals surface area contributed by atoms with Crippen molar-refractivity contribution in [2.75, 3.05) is 0 Å². The summed E-state index contributed by atoms with van der Waals surface area (Å²) in [5.41, 5.74) is 0.247. The van der Waals surface area contributed by atoms with E-state index < -0.39 is 96.3 Å². The average molecular weight is 656 g/mol. The standard InChI is InChI=1S/C44H28N6/c1-4-14-29(15-5-1)42-46-43(30-16-6-2-7-17-30)48-44(47-42)31-24-25-41(45-28-31)50-38-23-13-11-21-34(38)36-26-35-33-20-10-12-22-37(33)49(39(35)27-40(36)50)32-18-8-3-9-19-32/h1-28H/i3D,8D,9D,10D,11D,12D,13D,18D,19D,20D,21D,22D,23D,26D,27D. The Morgan fingerprint density at radius 1 is 0.420 bits per heavy atom. The fourth-order valence-corrected chi connectivity index (χ4v) is 6.11. The first kappa shape index (κ1) is 17.0. The molecule has 0 aliphatic heterocycles. The van der Waals surface area contributed by atoms with E-state index in [1.54, 1.807) is 6.07 Å². The Hall–Kier alpha value is -6.92. The minimum Gasteiger partial charge on any atom is -0.309 e. The van der Waals surface area contributed by atoms with Crippen LogP contribution in [0, 0.1) is 0 Å². The molecule has 0 spiro atoms. The molecule has 0 amide bonds. The minimum absolute atomic E-state index is 0.0152. The van der Waals surface area contributed by atoms with Crippen molar-refractivity contribution >= 4 is 43.6 Å². The van der Waals surface area contributed by atoms with Gasteiger partial charge in [-0.1, -0.05) is 115 Å². The van der Waals surface area contributed by atoms with Crippen LogP contribution >= 0.6 is 0 Å². The van der Waals surface area contributed by atoms with Crippen LogP contribution in [0.1, 0.15) is 20.6 Å². The molecule has 0 unspecified atom stereocenters. The van der Waals surface area contributed by atoms with Crippen LogP contribution in [0.3, 0.4) is 0 Å². The van der Waals surface area contributed by atoms with Gasteiger partial charge in [0.05, 0.1) is 42.6 Å². The highest BCUT2D eigenvalue weighted by atomic mass is 15.1. The zero-order valence-electron chi connectivity index (χ0n) is 40.7. The molecule has 234 valence electrons. The number of fused-ring (bicyclic) bond motifs is 6. The molecule has 0 aliphatic rings. The number of hydrogen-bond acceptors (Lipinski definition) is 4. The molecule has 6 aromatic carbocycles. The first-order valence-electron chi connectivity index (χ1n) is 22.9. The maximum atomic E-state index is 9.98. The van der Waals surface area contributed by atoms with E-state index in [9.17, 15) is 2.74 Å². The largest absolute Gasteiger partial charge is 0.309 e. The third-order valence-corrected chi connectivity index (χ3v) is 8.34. The Bertz CT molecular complexity index is 3620. The number of pyridine rings is 1. The summed E-state index contributed by atoms with van der Waals surface area (Å²) in [6, 6.07) is 11.8. The molecule has 0 radical (unpaired) electrons. The van der Waals surface area contributed by atoms with Crippen LogP contribution in [0.15, 0.2) is 170 Å². The Morgan fingerprint density at radius 3 is 1.52 bits per heavy atom. The van der Waals surface area contributed by atoms with E-state index >= 15 is 0 Å². The lowest BCUT2D eigenvalue weighted by molar-refractivity contribution is 1.05. The third-order valence-electron chi connectivity index (χ3n) is 8.34. The topological polar surface area (TPSA) is 61.4 Å². The van der Waals surface area contributed by atoms with Crippen molar-refractivity contribution in [3.8, 4) is 45.7 Å². The SMILES string of the molecule is [2H]c1c([2H])c([2H])c(-n2c3c([2H])c([2H])c([2H])c([2H])c3c3c([2H])c4c5c([2H])c([2H])c([2H])c([2H])c5n(-c5ccc(-c6nc(-c7ccccc7)nc(-c7ccccc7)n6)cn5)c4c([2H])c32)c([2H])c1[2H]. The van der Waals surface area contributed by atoms with E-state index in [1.807, 2.05) is 60.7 Å². The lowest BCUT2D eigenvalue weighted by atomic mass is 10.1.